The van der Waals surface area contributed by atoms with E-state index in [9.17, 15) is 0 Å². The zero-order valence-electron chi connectivity index (χ0n) is 12.0. The van der Waals surface area contributed by atoms with E-state index in [2.05, 4.69) is 25.1 Å². The number of nitrogen functional groups attached to an aromatic ring is 1. The highest BCUT2D eigenvalue weighted by atomic mass is 14.6. The summed E-state index contributed by atoms with van der Waals surface area (Å²) in [6, 6.07) is 8.20. The van der Waals surface area contributed by atoms with Crippen LogP contribution in [0.4, 0.5) is 5.69 Å². The van der Waals surface area contributed by atoms with Gasteiger partial charge in [-0.1, -0.05) is 36.8 Å². The van der Waals surface area contributed by atoms with Gasteiger partial charge < -0.3 is 11.5 Å². The molecule has 0 heterocycles. The van der Waals surface area contributed by atoms with Crippen molar-refractivity contribution in [2.75, 3.05) is 12.3 Å². The van der Waals surface area contributed by atoms with E-state index in [-0.39, 0.29) is 0 Å². The summed E-state index contributed by atoms with van der Waals surface area (Å²) in [7, 11) is 0. The van der Waals surface area contributed by atoms with Gasteiger partial charge >= 0.3 is 0 Å². The molecule has 2 nitrogen and oxygen atoms in total. The van der Waals surface area contributed by atoms with Gasteiger partial charge in [0.25, 0.3) is 0 Å². The van der Waals surface area contributed by atoms with Gasteiger partial charge in [-0.05, 0) is 62.1 Å². The van der Waals surface area contributed by atoms with Crippen LogP contribution in [0.25, 0.3) is 0 Å². The number of para-hydroxylation sites is 1. The molecule has 1 aromatic rings. The van der Waals surface area contributed by atoms with Crippen molar-refractivity contribution in [3.05, 3.63) is 41.5 Å². The fourth-order valence-electron chi connectivity index (χ4n) is 3.17. The monoisotopic (exact) mass is 258 g/mol. The summed E-state index contributed by atoms with van der Waals surface area (Å²) >= 11 is 0. The molecule has 0 saturated heterocycles. The molecule has 2 heteroatoms. The minimum absolute atomic E-state index is 0.401. The van der Waals surface area contributed by atoms with Crippen LogP contribution in [-0.2, 0) is 6.42 Å². The van der Waals surface area contributed by atoms with Crippen LogP contribution in [0.2, 0.25) is 0 Å². The number of hydrogen-bond acceptors (Lipinski definition) is 2. The smallest absolute Gasteiger partial charge is 0.0349 e. The van der Waals surface area contributed by atoms with Crippen LogP contribution in [-0.4, -0.2) is 6.54 Å². The number of rotatable bonds is 6. The topological polar surface area (TPSA) is 52.0 Å². The number of anilines is 1. The maximum Gasteiger partial charge on any atom is 0.0349 e. The minimum Gasteiger partial charge on any atom is -0.398 e. The molecule has 1 unspecified atom stereocenters. The van der Waals surface area contributed by atoms with Gasteiger partial charge in [-0.15, -0.1) is 0 Å². The fraction of sp³-hybridized carbons (Fsp3) is 0.529. The summed E-state index contributed by atoms with van der Waals surface area (Å²) in [5.74, 6) is 0. The third kappa shape index (κ3) is 3.38. The molecule has 0 aromatic heterocycles. The molecule has 0 amide bonds. The van der Waals surface area contributed by atoms with Crippen molar-refractivity contribution in [1.29, 1.82) is 0 Å². The first kappa shape index (κ1) is 14.1. The van der Waals surface area contributed by atoms with Crippen LogP contribution >= 0.6 is 0 Å². The summed E-state index contributed by atoms with van der Waals surface area (Å²) in [6.45, 7) is 3.10. The SMILES string of the molecule is CCC1(CCCN)C=C(Cc2ccccc2N)CC1. The van der Waals surface area contributed by atoms with Gasteiger partial charge in [0.05, 0.1) is 0 Å². The molecule has 104 valence electrons. The highest BCUT2D eigenvalue weighted by Gasteiger charge is 2.30. The predicted molar refractivity (Wildman–Crippen MR) is 82.9 cm³/mol. The van der Waals surface area contributed by atoms with E-state index in [0.717, 1.165) is 25.1 Å². The van der Waals surface area contributed by atoms with Gasteiger partial charge in [0.15, 0.2) is 0 Å². The molecule has 0 bridgehead atoms. The summed E-state index contributed by atoms with van der Waals surface area (Å²) in [5, 5.41) is 0. The van der Waals surface area contributed by atoms with Crippen molar-refractivity contribution in [1.82, 2.24) is 0 Å². The number of benzene rings is 1. The highest BCUT2D eigenvalue weighted by Crippen LogP contribution is 2.43. The van der Waals surface area contributed by atoms with Gasteiger partial charge in [0, 0.05) is 5.69 Å². The fourth-order valence-corrected chi connectivity index (χ4v) is 3.17. The zero-order valence-corrected chi connectivity index (χ0v) is 12.0. The van der Waals surface area contributed by atoms with E-state index in [0.29, 0.717) is 5.41 Å². The number of hydrogen-bond donors (Lipinski definition) is 2. The van der Waals surface area contributed by atoms with Crippen LogP contribution in [0.15, 0.2) is 35.9 Å². The Morgan fingerprint density at radius 3 is 2.74 bits per heavy atom. The molecule has 4 N–H and O–H groups in total. The van der Waals surface area contributed by atoms with Crippen LogP contribution in [0.5, 0.6) is 0 Å². The average molecular weight is 258 g/mol. The Balaban J connectivity index is 2.08. The minimum atomic E-state index is 0.401. The van der Waals surface area contributed by atoms with Crippen LogP contribution in [0, 0.1) is 5.41 Å². The van der Waals surface area contributed by atoms with E-state index in [1.165, 1.54) is 31.2 Å². The predicted octanol–water partition coefficient (Wildman–Crippen LogP) is 3.67. The second-order valence-corrected chi connectivity index (χ2v) is 5.79. The summed E-state index contributed by atoms with van der Waals surface area (Å²) in [6.07, 6.45) is 9.62. The highest BCUT2D eigenvalue weighted by molar-refractivity contribution is 5.48. The van der Waals surface area contributed by atoms with Gasteiger partial charge in [-0.3, -0.25) is 0 Å². The van der Waals surface area contributed by atoms with Crippen molar-refractivity contribution >= 4 is 5.69 Å². The molecule has 2 rings (SSSR count). The molecule has 0 spiro atoms. The molecule has 1 aromatic carbocycles. The first-order valence-corrected chi connectivity index (χ1v) is 7.43. The molecule has 0 fully saturated rings. The Morgan fingerprint density at radius 2 is 2.05 bits per heavy atom. The lowest BCUT2D eigenvalue weighted by molar-refractivity contribution is 0.324. The molecule has 1 aliphatic carbocycles. The number of allylic oxidation sites excluding steroid dienone is 2. The Morgan fingerprint density at radius 1 is 1.26 bits per heavy atom. The standard InChI is InChI=1S/C17H26N2/c1-2-17(9-5-11-18)10-8-14(13-17)12-15-6-3-4-7-16(15)19/h3-4,6-7,13H,2,5,8-12,18-19H2,1H3. The first-order chi connectivity index (χ1) is 9.19. The summed E-state index contributed by atoms with van der Waals surface area (Å²) in [5.41, 5.74) is 15.8. The maximum absolute atomic E-state index is 6.04. The van der Waals surface area contributed by atoms with Crippen LogP contribution in [0.3, 0.4) is 0 Å². The largest absolute Gasteiger partial charge is 0.398 e. The van der Waals surface area contributed by atoms with E-state index < -0.39 is 0 Å². The van der Waals surface area contributed by atoms with E-state index in [1.807, 2.05) is 12.1 Å². The van der Waals surface area contributed by atoms with Gasteiger partial charge in [-0.2, -0.15) is 0 Å². The third-order valence-electron chi connectivity index (χ3n) is 4.51. The Kier molecular flexibility index (Phi) is 4.65. The molecule has 1 atom stereocenters. The van der Waals surface area contributed by atoms with Crippen molar-refractivity contribution < 1.29 is 0 Å². The third-order valence-corrected chi connectivity index (χ3v) is 4.51. The Bertz CT molecular complexity index is 450. The summed E-state index contributed by atoms with van der Waals surface area (Å²) in [4.78, 5) is 0. The van der Waals surface area contributed by atoms with E-state index in [4.69, 9.17) is 11.5 Å². The Hall–Kier alpha value is -1.28. The van der Waals surface area contributed by atoms with Gasteiger partial charge in [0.2, 0.25) is 0 Å². The lowest BCUT2D eigenvalue weighted by Crippen LogP contribution is -2.15. The molecular formula is C17H26N2. The second kappa shape index (κ2) is 6.25. The van der Waals surface area contributed by atoms with Crippen molar-refractivity contribution in [3.63, 3.8) is 0 Å². The molecule has 0 aliphatic heterocycles. The molecule has 19 heavy (non-hydrogen) atoms. The van der Waals surface area contributed by atoms with Crippen LogP contribution < -0.4 is 11.5 Å². The normalized spacial score (nSPS) is 22.5. The molecule has 0 saturated carbocycles. The van der Waals surface area contributed by atoms with Gasteiger partial charge in [0.1, 0.15) is 0 Å². The van der Waals surface area contributed by atoms with Crippen molar-refractivity contribution in [3.8, 4) is 0 Å². The number of nitrogens with two attached hydrogens (primary N) is 2. The van der Waals surface area contributed by atoms with E-state index >= 15 is 0 Å². The van der Waals surface area contributed by atoms with Crippen LogP contribution in [0.1, 0.15) is 44.6 Å². The van der Waals surface area contributed by atoms with Crippen molar-refractivity contribution in [2.45, 2.75) is 45.4 Å². The van der Waals surface area contributed by atoms with E-state index in [1.54, 1.807) is 5.57 Å². The molecule has 0 radical (unpaired) electrons. The quantitative estimate of drug-likeness (QED) is 0.604. The lowest BCUT2D eigenvalue weighted by Gasteiger charge is -2.25. The molecular weight excluding hydrogens is 232 g/mol. The van der Waals surface area contributed by atoms with Gasteiger partial charge in [-0.25, -0.2) is 0 Å². The zero-order chi connectivity index (χ0) is 13.7. The first-order valence-electron chi connectivity index (χ1n) is 7.43. The lowest BCUT2D eigenvalue weighted by atomic mass is 9.80. The average Bonchev–Trinajstić information content (AvgIpc) is 2.83. The Labute approximate surface area is 116 Å². The van der Waals surface area contributed by atoms with Crippen molar-refractivity contribution in [2.24, 2.45) is 11.1 Å². The summed E-state index contributed by atoms with van der Waals surface area (Å²) < 4.78 is 0. The maximum atomic E-state index is 6.04. The molecule has 1 aliphatic rings. The second-order valence-electron chi connectivity index (χ2n) is 5.79.